The van der Waals surface area contributed by atoms with Crippen LogP contribution in [-0.2, 0) is 0 Å². The standard InChI is InChI=1S/C14H12O3S/c1-18-13-5-3-2-4-12(13)17-11-8-6-10(7-9-11)14(15)16/h2-9H,1H3,(H,15,16). The Morgan fingerprint density at radius 2 is 1.78 bits per heavy atom. The molecule has 0 saturated heterocycles. The van der Waals surface area contributed by atoms with E-state index in [4.69, 9.17) is 9.84 Å². The highest BCUT2D eigenvalue weighted by molar-refractivity contribution is 7.98. The molecule has 0 fully saturated rings. The third-order valence-electron chi connectivity index (χ3n) is 2.40. The topological polar surface area (TPSA) is 46.5 Å². The highest BCUT2D eigenvalue weighted by Gasteiger charge is 2.05. The van der Waals surface area contributed by atoms with E-state index in [9.17, 15) is 4.79 Å². The molecule has 0 radical (unpaired) electrons. The van der Waals surface area contributed by atoms with Crippen molar-refractivity contribution in [2.24, 2.45) is 0 Å². The Morgan fingerprint density at radius 1 is 1.11 bits per heavy atom. The van der Waals surface area contributed by atoms with E-state index < -0.39 is 5.97 Å². The van der Waals surface area contributed by atoms with Crippen molar-refractivity contribution in [2.45, 2.75) is 4.90 Å². The van der Waals surface area contributed by atoms with E-state index in [1.165, 1.54) is 12.1 Å². The van der Waals surface area contributed by atoms with Crippen molar-refractivity contribution in [1.29, 1.82) is 0 Å². The Bertz CT molecular complexity index is 549. The van der Waals surface area contributed by atoms with E-state index in [0.717, 1.165) is 10.6 Å². The molecule has 0 heterocycles. The Morgan fingerprint density at radius 3 is 2.39 bits per heavy atom. The van der Waals surface area contributed by atoms with Crippen molar-refractivity contribution in [1.82, 2.24) is 0 Å². The van der Waals surface area contributed by atoms with Gasteiger partial charge in [-0.1, -0.05) is 12.1 Å². The average Bonchev–Trinajstić information content (AvgIpc) is 2.40. The lowest BCUT2D eigenvalue weighted by Gasteiger charge is -2.09. The van der Waals surface area contributed by atoms with E-state index in [1.54, 1.807) is 23.9 Å². The number of rotatable bonds is 4. The van der Waals surface area contributed by atoms with E-state index in [-0.39, 0.29) is 5.56 Å². The first kappa shape index (κ1) is 12.5. The molecule has 3 nitrogen and oxygen atoms in total. The Hall–Kier alpha value is -1.94. The lowest BCUT2D eigenvalue weighted by molar-refractivity contribution is 0.0697. The van der Waals surface area contributed by atoms with Crippen LogP contribution in [0.1, 0.15) is 10.4 Å². The van der Waals surface area contributed by atoms with E-state index >= 15 is 0 Å². The normalized spacial score (nSPS) is 10.1. The fourth-order valence-electron chi connectivity index (χ4n) is 1.50. The third-order valence-corrected chi connectivity index (χ3v) is 3.18. The van der Waals surface area contributed by atoms with Gasteiger partial charge in [-0.2, -0.15) is 0 Å². The summed E-state index contributed by atoms with van der Waals surface area (Å²) in [5.41, 5.74) is 0.250. The largest absolute Gasteiger partial charge is 0.478 e. The number of carboxylic acid groups (broad SMARTS) is 1. The number of ether oxygens (including phenoxy) is 1. The summed E-state index contributed by atoms with van der Waals surface area (Å²) in [4.78, 5) is 11.8. The predicted octanol–water partition coefficient (Wildman–Crippen LogP) is 3.90. The van der Waals surface area contributed by atoms with Gasteiger partial charge in [-0.3, -0.25) is 0 Å². The number of carboxylic acids is 1. The van der Waals surface area contributed by atoms with Crippen LogP contribution in [-0.4, -0.2) is 17.3 Å². The monoisotopic (exact) mass is 260 g/mol. The first-order valence-electron chi connectivity index (χ1n) is 5.35. The van der Waals surface area contributed by atoms with Crippen LogP contribution in [0.25, 0.3) is 0 Å². The first-order valence-corrected chi connectivity index (χ1v) is 6.57. The molecule has 2 aromatic carbocycles. The summed E-state index contributed by atoms with van der Waals surface area (Å²) in [5.74, 6) is 0.459. The van der Waals surface area contributed by atoms with Gasteiger partial charge in [0.05, 0.1) is 5.56 Å². The molecule has 0 aliphatic carbocycles. The molecule has 0 bridgehead atoms. The van der Waals surface area contributed by atoms with Crippen molar-refractivity contribution in [3.05, 3.63) is 54.1 Å². The van der Waals surface area contributed by atoms with Gasteiger partial charge in [-0.25, -0.2) is 4.79 Å². The SMILES string of the molecule is CSc1ccccc1Oc1ccc(C(=O)O)cc1. The number of para-hydroxylation sites is 1. The van der Waals surface area contributed by atoms with Gasteiger partial charge in [0, 0.05) is 4.90 Å². The quantitative estimate of drug-likeness (QED) is 0.847. The van der Waals surface area contributed by atoms with Gasteiger partial charge in [-0.15, -0.1) is 11.8 Å². The minimum absolute atomic E-state index is 0.250. The van der Waals surface area contributed by atoms with Crippen LogP contribution in [0.4, 0.5) is 0 Å². The number of benzene rings is 2. The van der Waals surface area contributed by atoms with Gasteiger partial charge in [0.15, 0.2) is 0 Å². The minimum Gasteiger partial charge on any atom is -0.478 e. The summed E-state index contributed by atoms with van der Waals surface area (Å²) in [7, 11) is 0. The second-order valence-electron chi connectivity index (χ2n) is 3.58. The van der Waals surface area contributed by atoms with Gasteiger partial charge < -0.3 is 9.84 Å². The highest BCUT2D eigenvalue weighted by atomic mass is 32.2. The van der Waals surface area contributed by atoms with Crippen molar-refractivity contribution in [3.63, 3.8) is 0 Å². The Balaban J connectivity index is 2.21. The molecule has 4 heteroatoms. The van der Waals surface area contributed by atoms with Gasteiger partial charge in [0.2, 0.25) is 0 Å². The number of aromatic carboxylic acids is 1. The van der Waals surface area contributed by atoms with Crippen molar-refractivity contribution in [3.8, 4) is 11.5 Å². The first-order chi connectivity index (χ1) is 8.70. The zero-order valence-corrected chi connectivity index (χ0v) is 10.6. The highest BCUT2D eigenvalue weighted by Crippen LogP contribution is 2.31. The molecule has 0 aliphatic rings. The maximum Gasteiger partial charge on any atom is 0.335 e. The van der Waals surface area contributed by atoms with Crippen LogP contribution in [0, 0.1) is 0 Å². The third kappa shape index (κ3) is 2.84. The van der Waals surface area contributed by atoms with E-state index in [0.29, 0.717) is 5.75 Å². The van der Waals surface area contributed by atoms with Gasteiger partial charge in [0.25, 0.3) is 0 Å². The van der Waals surface area contributed by atoms with E-state index in [2.05, 4.69) is 0 Å². The minimum atomic E-state index is -0.939. The smallest absolute Gasteiger partial charge is 0.335 e. The maximum absolute atomic E-state index is 10.7. The summed E-state index contributed by atoms with van der Waals surface area (Å²) >= 11 is 1.60. The summed E-state index contributed by atoms with van der Waals surface area (Å²) in [6.07, 6.45) is 1.98. The molecule has 92 valence electrons. The molecule has 0 amide bonds. The second-order valence-corrected chi connectivity index (χ2v) is 4.43. The average molecular weight is 260 g/mol. The maximum atomic E-state index is 10.7. The number of hydrogen-bond acceptors (Lipinski definition) is 3. The fraction of sp³-hybridized carbons (Fsp3) is 0.0714. The molecule has 0 aromatic heterocycles. The lowest BCUT2D eigenvalue weighted by Crippen LogP contribution is -1.95. The Kier molecular flexibility index (Phi) is 3.89. The second kappa shape index (κ2) is 5.60. The summed E-state index contributed by atoms with van der Waals surface area (Å²) in [5, 5.41) is 8.80. The molecular weight excluding hydrogens is 248 g/mol. The molecule has 2 rings (SSSR count). The fourth-order valence-corrected chi connectivity index (χ4v) is 2.02. The number of thioether (sulfide) groups is 1. The van der Waals surface area contributed by atoms with Crippen LogP contribution in [0.3, 0.4) is 0 Å². The van der Waals surface area contributed by atoms with Crippen LogP contribution in [0.15, 0.2) is 53.4 Å². The zero-order chi connectivity index (χ0) is 13.0. The number of hydrogen-bond donors (Lipinski definition) is 1. The van der Waals surface area contributed by atoms with Crippen LogP contribution >= 0.6 is 11.8 Å². The molecule has 0 saturated carbocycles. The molecule has 0 aliphatic heterocycles. The molecule has 0 atom stereocenters. The molecule has 1 N–H and O–H groups in total. The van der Waals surface area contributed by atoms with Gasteiger partial charge >= 0.3 is 5.97 Å². The molecule has 0 unspecified atom stereocenters. The summed E-state index contributed by atoms with van der Waals surface area (Å²) in [6.45, 7) is 0. The Labute approximate surface area is 109 Å². The molecule has 18 heavy (non-hydrogen) atoms. The van der Waals surface area contributed by atoms with Gasteiger partial charge in [0.1, 0.15) is 11.5 Å². The molecule has 0 spiro atoms. The lowest BCUT2D eigenvalue weighted by atomic mass is 10.2. The molecular formula is C14H12O3S. The van der Waals surface area contributed by atoms with E-state index in [1.807, 2.05) is 30.5 Å². The zero-order valence-electron chi connectivity index (χ0n) is 9.79. The van der Waals surface area contributed by atoms with Crippen LogP contribution in [0.5, 0.6) is 11.5 Å². The van der Waals surface area contributed by atoms with Gasteiger partial charge in [-0.05, 0) is 42.7 Å². The van der Waals surface area contributed by atoms with Crippen LogP contribution in [0.2, 0.25) is 0 Å². The molecule has 2 aromatic rings. The summed E-state index contributed by atoms with van der Waals surface area (Å²) in [6, 6.07) is 14.1. The number of carbonyl (C=O) groups is 1. The summed E-state index contributed by atoms with van der Waals surface area (Å²) < 4.78 is 5.72. The predicted molar refractivity (Wildman–Crippen MR) is 71.7 cm³/mol. The van der Waals surface area contributed by atoms with Crippen molar-refractivity contribution >= 4 is 17.7 Å². The van der Waals surface area contributed by atoms with Crippen molar-refractivity contribution < 1.29 is 14.6 Å². The van der Waals surface area contributed by atoms with Crippen LogP contribution < -0.4 is 4.74 Å². The van der Waals surface area contributed by atoms with Crippen molar-refractivity contribution in [2.75, 3.05) is 6.26 Å².